The number of hydrogen-bond donors (Lipinski definition) is 0. The molecule has 2 fully saturated rings. The van der Waals surface area contributed by atoms with E-state index in [0.717, 1.165) is 19.5 Å². The van der Waals surface area contributed by atoms with Crippen molar-refractivity contribution < 1.29 is 22.7 Å². The first-order chi connectivity index (χ1) is 19.4. The molecule has 40 heavy (non-hydrogen) atoms. The second-order valence-electron chi connectivity index (χ2n) is 10.6. The third-order valence-corrected chi connectivity index (χ3v) is 10.5. The fourth-order valence-electron chi connectivity index (χ4n) is 5.59. The van der Waals surface area contributed by atoms with Gasteiger partial charge in [-0.05, 0) is 94.4 Å². The van der Waals surface area contributed by atoms with Gasteiger partial charge in [-0.2, -0.15) is 0 Å². The summed E-state index contributed by atoms with van der Waals surface area (Å²) in [6.07, 6.45) is 5.41. The SMILES string of the molecule is CC#CCOc1ccc(S(=O)(=O)C2(C(=O)OCC)CCN(Cc3ccc(CCN4CCCCC4)cc3)CC2)cc1. The van der Waals surface area contributed by atoms with Crippen LogP contribution in [0.25, 0.3) is 0 Å². The standard InChI is InChI=1S/C32H42N2O5S/c1-3-5-25-39-29-13-15-30(16-14-29)40(36,37)32(31(35)38-4-2)18-23-34(24-19-32)26-28-11-9-27(10-12-28)17-22-33-20-7-6-8-21-33/h9-16H,4,6-8,17-26H2,1-2H3. The minimum absolute atomic E-state index is 0.100. The van der Waals surface area contributed by atoms with E-state index in [1.54, 1.807) is 26.0 Å². The van der Waals surface area contributed by atoms with Gasteiger partial charge in [-0.25, -0.2) is 8.42 Å². The number of nitrogens with zero attached hydrogens (tertiary/aromatic N) is 2. The predicted molar refractivity (Wildman–Crippen MR) is 157 cm³/mol. The molecule has 0 aromatic heterocycles. The van der Waals surface area contributed by atoms with Gasteiger partial charge in [-0.3, -0.25) is 9.69 Å². The van der Waals surface area contributed by atoms with Gasteiger partial charge in [0.15, 0.2) is 14.6 Å². The van der Waals surface area contributed by atoms with Crippen molar-refractivity contribution in [1.82, 2.24) is 9.80 Å². The Labute approximate surface area is 239 Å². The highest BCUT2D eigenvalue weighted by Gasteiger charge is 2.54. The average Bonchev–Trinajstić information content (AvgIpc) is 2.98. The van der Waals surface area contributed by atoms with Crippen LogP contribution in [-0.4, -0.2) is 74.9 Å². The molecule has 2 heterocycles. The van der Waals surface area contributed by atoms with Crippen molar-refractivity contribution >= 4 is 15.8 Å². The van der Waals surface area contributed by atoms with Gasteiger partial charge < -0.3 is 14.4 Å². The van der Waals surface area contributed by atoms with Crippen molar-refractivity contribution in [3.8, 4) is 17.6 Å². The van der Waals surface area contributed by atoms with Crippen LogP contribution in [0.15, 0.2) is 53.4 Å². The monoisotopic (exact) mass is 566 g/mol. The first kappa shape index (κ1) is 30.1. The summed E-state index contributed by atoms with van der Waals surface area (Å²) < 4.78 is 37.0. The second-order valence-corrected chi connectivity index (χ2v) is 12.9. The lowest BCUT2D eigenvalue weighted by atomic mass is 9.95. The van der Waals surface area contributed by atoms with E-state index in [0.29, 0.717) is 18.8 Å². The fraction of sp³-hybridized carbons (Fsp3) is 0.531. The summed E-state index contributed by atoms with van der Waals surface area (Å²) in [4.78, 5) is 18.1. The normalized spacial score (nSPS) is 17.9. The molecule has 0 radical (unpaired) electrons. The van der Waals surface area contributed by atoms with E-state index < -0.39 is 20.6 Å². The van der Waals surface area contributed by atoms with E-state index in [2.05, 4.69) is 45.9 Å². The molecule has 0 bridgehead atoms. The lowest BCUT2D eigenvalue weighted by Crippen LogP contribution is -2.54. The zero-order valence-electron chi connectivity index (χ0n) is 23.9. The van der Waals surface area contributed by atoms with Gasteiger partial charge in [-0.15, -0.1) is 5.92 Å². The first-order valence-corrected chi connectivity index (χ1v) is 15.9. The lowest BCUT2D eigenvalue weighted by Gasteiger charge is -2.39. The Kier molecular flexibility index (Phi) is 10.7. The summed E-state index contributed by atoms with van der Waals surface area (Å²) >= 11 is 0. The molecule has 0 aliphatic carbocycles. The molecule has 0 unspecified atom stereocenters. The first-order valence-electron chi connectivity index (χ1n) is 14.4. The van der Waals surface area contributed by atoms with Crippen molar-refractivity contribution in [1.29, 1.82) is 0 Å². The number of carbonyl (C=O) groups is 1. The highest BCUT2D eigenvalue weighted by molar-refractivity contribution is 7.93. The fourth-order valence-corrected chi connectivity index (χ4v) is 7.53. The van der Waals surface area contributed by atoms with Gasteiger partial charge in [0.2, 0.25) is 0 Å². The molecule has 0 spiro atoms. The number of likely N-dealkylation sites (tertiary alicyclic amines) is 2. The Bertz CT molecular complexity index is 1270. The van der Waals surface area contributed by atoms with Crippen LogP contribution in [0.2, 0.25) is 0 Å². The molecule has 8 heteroatoms. The molecule has 2 aromatic rings. The van der Waals surface area contributed by atoms with Crippen LogP contribution < -0.4 is 4.74 Å². The van der Waals surface area contributed by atoms with Crippen molar-refractivity contribution in [3.05, 3.63) is 59.7 Å². The smallest absolute Gasteiger partial charge is 0.327 e. The zero-order valence-corrected chi connectivity index (χ0v) is 24.7. The highest BCUT2D eigenvalue weighted by Crippen LogP contribution is 2.37. The van der Waals surface area contributed by atoms with Crippen molar-refractivity contribution in [2.24, 2.45) is 0 Å². The topological polar surface area (TPSA) is 76.1 Å². The van der Waals surface area contributed by atoms with Crippen LogP contribution in [0.5, 0.6) is 5.75 Å². The van der Waals surface area contributed by atoms with Crippen LogP contribution in [0.1, 0.15) is 57.1 Å². The van der Waals surface area contributed by atoms with Crippen molar-refractivity contribution in [2.45, 2.75) is 68.6 Å². The number of benzene rings is 2. The summed E-state index contributed by atoms with van der Waals surface area (Å²) in [7, 11) is -3.99. The van der Waals surface area contributed by atoms with Crippen LogP contribution in [-0.2, 0) is 32.3 Å². The quantitative estimate of drug-likeness (QED) is 0.293. The van der Waals surface area contributed by atoms with Crippen molar-refractivity contribution in [2.75, 3.05) is 45.9 Å². The second kappa shape index (κ2) is 14.2. The summed E-state index contributed by atoms with van der Waals surface area (Å²) in [5.74, 6) is 5.43. The largest absolute Gasteiger partial charge is 0.481 e. The molecule has 0 N–H and O–H groups in total. The van der Waals surface area contributed by atoms with Crippen LogP contribution >= 0.6 is 0 Å². The van der Waals surface area contributed by atoms with E-state index in [1.807, 2.05) is 0 Å². The Morgan fingerprint density at radius 2 is 1.55 bits per heavy atom. The maximum atomic E-state index is 13.9. The number of hydrogen-bond acceptors (Lipinski definition) is 7. The van der Waals surface area contributed by atoms with Gasteiger partial charge in [0.1, 0.15) is 12.4 Å². The molecule has 216 valence electrons. The average molecular weight is 567 g/mol. The molecule has 0 amide bonds. The van der Waals surface area contributed by atoms with Gasteiger partial charge in [-0.1, -0.05) is 36.6 Å². The van der Waals surface area contributed by atoms with Crippen LogP contribution in [0, 0.1) is 11.8 Å². The van der Waals surface area contributed by atoms with Gasteiger partial charge in [0, 0.05) is 26.2 Å². The molecule has 0 atom stereocenters. The third-order valence-electron chi connectivity index (χ3n) is 8.04. The number of esters is 1. The highest BCUT2D eigenvalue weighted by atomic mass is 32.2. The number of piperidine rings is 2. The van der Waals surface area contributed by atoms with E-state index in [4.69, 9.17) is 9.47 Å². The third kappa shape index (κ3) is 7.25. The molecule has 0 saturated carbocycles. The Hall–Kier alpha value is -2.86. The molecular weight excluding hydrogens is 524 g/mol. The number of carbonyl (C=O) groups excluding carboxylic acids is 1. The predicted octanol–water partition coefficient (Wildman–Crippen LogP) is 4.49. The summed E-state index contributed by atoms with van der Waals surface area (Å²) in [6, 6.07) is 15.0. The van der Waals surface area contributed by atoms with Crippen LogP contribution in [0.4, 0.5) is 0 Å². The summed E-state index contributed by atoms with van der Waals surface area (Å²) in [6.45, 7) is 9.03. The summed E-state index contributed by atoms with van der Waals surface area (Å²) in [5.41, 5.74) is 2.53. The molecular formula is C32H42N2O5S. The van der Waals surface area contributed by atoms with Crippen molar-refractivity contribution in [3.63, 3.8) is 0 Å². The molecule has 7 nitrogen and oxygen atoms in total. The van der Waals surface area contributed by atoms with E-state index in [9.17, 15) is 13.2 Å². The van der Waals surface area contributed by atoms with Gasteiger partial charge >= 0.3 is 5.97 Å². The molecule has 2 aliphatic heterocycles. The molecule has 2 aromatic carbocycles. The van der Waals surface area contributed by atoms with Crippen LogP contribution in [0.3, 0.4) is 0 Å². The Morgan fingerprint density at radius 1 is 0.900 bits per heavy atom. The number of rotatable bonds is 11. The minimum Gasteiger partial charge on any atom is -0.481 e. The molecule has 4 rings (SSSR count). The summed E-state index contributed by atoms with van der Waals surface area (Å²) in [5, 5.41) is 0. The maximum absolute atomic E-state index is 13.9. The van der Waals surface area contributed by atoms with E-state index in [-0.39, 0.29) is 31.0 Å². The molecule has 2 saturated heterocycles. The maximum Gasteiger partial charge on any atom is 0.327 e. The van der Waals surface area contributed by atoms with Gasteiger partial charge in [0.25, 0.3) is 0 Å². The Morgan fingerprint density at radius 3 is 2.17 bits per heavy atom. The number of ether oxygens (including phenoxy) is 2. The molecule has 2 aliphatic rings. The Balaban J connectivity index is 1.39. The number of sulfone groups is 1. The van der Waals surface area contributed by atoms with E-state index >= 15 is 0 Å². The minimum atomic E-state index is -3.99. The van der Waals surface area contributed by atoms with Gasteiger partial charge in [0.05, 0.1) is 11.5 Å². The zero-order chi connectivity index (χ0) is 28.4. The van der Waals surface area contributed by atoms with E-state index in [1.165, 1.54) is 55.6 Å². The lowest BCUT2D eigenvalue weighted by molar-refractivity contribution is -0.147.